The largest absolute Gasteiger partial charge is 0.481 e. The van der Waals surface area contributed by atoms with Crippen LogP contribution in [0.15, 0.2) is 24.3 Å². The minimum Gasteiger partial charge on any atom is -0.481 e. The van der Waals surface area contributed by atoms with Gasteiger partial charge in [-0.1, -0.05) is 17.7 Å². The van der Waals surface area contributed by atoms with Crippen molar-refractivity contribution in [2.24, 2.45) is 5.92 Å². The fourth-order valence-corrected chi connectivity index (χ4v) is 3.45. The first kappa shape index (κ1) is 19.0. The summed E-state index contributed by atoms with van der Waals surface area (Å²) in [6.45, 7) is 2.64. The summed E-state index contributed by atoms with van der Waals surface area (Å²) in [6, 6.07) is 7.27. The first-order chi connectivity index (χ1) is 12.4. The van der Waals surface area contributed by atoms with Crippen LogP contribution >= 0.6 is 11.6 Å². The number of nitrogens with zero attached hydrogens (tertiary/aromatic N) is 1. The molecule has 0 heterocycles. The molecule has 1 amide bonds. The summed E-state index contributed by atoms with van der Waals surface area (Å²) in [7, 11) is 0. The third-order valence-electron chi connectivity index (χ3n) is 4.98. The predicted molar refractivity (Wildman–Crippen MR) is 98.4 cm³/mol. The molecule has 0 aliphatic heterocycles. The molecule has 2 N–H and O–H groups in total. The van der Waals surface area contributed by atoms with Crippen LogP contribution in [0.25, 0.3) is 0 Å². The first-order valence-corrected chi connectivity index (χ1v) is 9.47. The molecule has 142 valence electrons. The zero-order chi connectivity index (χ0) is 18.7. The Labute approximate surface area is 158 Å². The molecule has 0 bridgehead atoms. The Bertz CT molecular complexity index is 659. The normalized spacial score (nSPS) is 23.2. The Hall–Kier alpha value is -1.79. The van der Waals surface area contributed by atoms with Crippen LogP contribution in [0.4, 0.5) is 0 Å². The van der Waals surface area contributed by atoms with E-state index in [-0.39, 0.29) is 24.5 Å². The van der Waals surface area contributed by atoms with Gasteiger partial charge in [-0.2, -0.15) is 0 Å². The van der Waals surface area contributed by atoms with Gasteiger partial charge in [-0.25, -0.2) is 0 Å². The fraction of sp³-hybridized carbons (Fsp3) is 0.579. The molecule has 0 radical (unpaired) electrons. The predicted octanol–water partition coefficient (Wildman–Crippen LogP) is 2.55. The summed E-state index contributed by atoms with van der Waals surface area (Å²) >= 11 is 5.92. The standard InChI is InChI=1S/C19H25ClN2O4/c1-12(26-17-4-2-3-14(20)7-17)19(25)21-15-8-16(9-15)22(11-18(23)24)10-13-5-6-13/h2-4,7,12-13,15-16H,5-6,8-11H2,1H3,(H,21,25)(H,23,24). The van der Waals surface area contributed by atoms with Gasteiger partial charge < -0.3 is 15.2 Å². The van der Waals surface area contributed by atoms with Crippen LogP contribution in [-0.2, 0) is 9.59 Å². The second kappa shape index (κ2) is 8.27. The van der Waals surface area contributed by atoms with Gasteiger partial charge in [0.15, 0.2) is 6.10 Å². The number of rotatable bonds is 9. The second-order valence-electron chi connectivity index (χ2n) is 7.31. The Morgan fingerprint density at radius 3 is 2.73 bits per heavy atom. The second-order valence-corrected chi connectivity index (χ2v) is 7.75. The summed E-state index contributed by atoms with van der Waals surface area (Å²) in [5.74, 6) is 0.250. The summed E-state index contributed by atoms with van der Waals surface area (Å²) in [5, 5.41) is 12.6. The fourth-order valence-electron chi connectivity index (χ4n) is 3.27. The van der Waals surface area contributed by atoms with Crippen molar-refractivity contribution in [2.45, 2.75) is 50.8 Å². The topological polar surface area (TPSA) is 78.9 Å². The molecule has 2 aliphatic rings. The third kappa shape index (κ3) is 5.35. The number of hydrogen-bond acceptors (Lipinski definition) is 4. The van der Waals surface area contributed by atoms with E-state index < -0.39 is 12.1 Å². The highest BCUT2D eigenvalue weighted by Crippen LogP contribution is 2.33. The minimum absolute atomic E-state index is 0.0772. The van der Waals surface area contributed by atoms with Gasteiger partial charge in [0.05, 0.1) is 6.54 Å². The van der Waals surface area contributed by atoms with E-state index in [9.17, 15) is 9.59 Å². The molecular formula is C19H25ClN2O4. The van der Waals surface area contributed by atoms with Gasteiger partial charge in [0.25, 0.3) is 5.91 Å². The van der Waals surface area contributed by atoms with Crippen LogP contribution in [0.3, 0.4) is 0 Å². The van der Waals surface area contributed by atoms with Crippen LogP contribution < -0.4 is 10.1 Å². The Morgan fingerprint density at radius 1 is 1.38 bits per heavy atom. The molecule has 3 rings (SSSR count). The molecule has 6 nitrogen and oxygen atoms in total. The number of amides is 1. The monoisotopic (exact) mass is 380 g/mol. The number of hydrogen-bond donors (Lipinski definition) is 2. The molecule has 7 heteroatoms. The van der Waals surface area contributed by atoms with Gasteiger partial charge in [-0.05, 0) is 56.7 Å². The van der Waals surface area contributed by atoms with Gasteiger partial charge in [-0.3, -0.25) is 14.5 Å². The number of benzene rings is 1. The molecule has 2 fully saturated rings. The van der Waals surface area contributed by atoms with Crippen molar-refractivity contribution in [3.05, 3.63) is 29.3 Å². The molecule has 26 heavy (non-hydrogen) atoms. The molecule has 1 unspecified atom stereocenters. The Kier molecular flexibility index (Phi) is 6.04. The smallest absolute Gasteiger partial charge is 0.317 e. The lowest BCUT2D eigenvalue weighted by Crippen LogP contribution is -2.56. The summed E-state index contributed by atoms with van der Waals surface area (Å²) in [5.41, 5.74) is 0. The maximum Gasteiger partial charge on any atom is 0.317 e. The number of halogens is 1. The summed E-state index contributed by atoms with van der Waals surface area (Å²) in [6.07, 6.45) is 3.35. The molecule has 1 atom stereocenters. The quantitative estimate of drug-likeness (QED) is 0.688. The first-order valence-electron chi connectivity index (χ1n) is 9.09. The van der Waals surface area contributed by atoms with E-state index in [1.165, 1.54) is 12.8 Å². The molecule has 2 aliphatic carbocycles. The van der Waals surface area contributed by atoms with E-state index in [1.54, 1.807) is 31.2 Å². The van der Waals surface area contributed by atoms with Gasteiger partial charge >= 0.3 is 5.97 Å². The van der Waals surface area contributed by atoms with Crippen molar-refractivity contribution in [3.63, 3.8) is 0 Å². The number of carboxylic acid groups (broad SMARTS) is 1. The number of carbonyl (C=O) groups excluding carboxylic acids is 1. The van der Waals surface area contributed by atoms with Crippen molar-refractivity contribution in [1.29, 1.82) is 0 Å². The third-order valence-corrected chi connectivity index (χ3v) is 5.22. The Morgan fingerprint density at radius 2 is 2.12 bits per heavy atom. The van der Waals surface area contributed by atoms with Crippen molar-refractivity contribution in [1.82, 2.24) is 10.2 Å². The van der Waals surface area contributed by atoms with E-state index in [2.05, 4.69) is 10.2 Å². The van der Waals surface area contributed by atoms with Crippen molar-refractivity contribution >= 4 is 23.5 Å². The average Bonchev–Trinajstić information content (AvgIpc) is 3.33. The molecule has 1 aromatic rings. The summed E-state index contributed by atoms with van der Waals surface area (Å²) in [4.78, 5) is 25.4. The molecule has 0 aromatic heterocycles. The zero-order valence-corrected chi connectivity index (χ0v) is 15.6. The van der Waals surface area contributed by atoms with E-state index in [4.69, 9.17) is 21.4 Å². The van der Waals surface area contributed by atoms with Crippen LogP contribution in [-0.4, -0.2) is 53.2 Å². The van der Waals surface area contributed by atoms with Gasteiger partial charge in [0.2, 0.25) is 0 Å². The summed E-state index contributed by atoms with van der Waals surface area (Å²) < 4.78 is 5.63. The number of ether oxygens (including phenoxy) is 1. The van der Waals surface area contributed by atoms with Crippen LogP contribution in [0.5, 0.6) is 5.75 Å². The average molecular weight is 381 g/mol. The number of carbonyl (C=O) groups is 2. The van der Waals surface area contributed by atoms with E-state index >= 15 is 0 Å². The van der Waals surface area contributed by atoms with Crippen molar-refractivity contribution in [3.8, 4) is 5.75 Å². The van der Waals surface area contributed by atoms with Crippen LogP contribution in [0.2, 0.25) is 5.02 Å². The maximum absolute atomic E-state index is 12.3. The molecule has 0 spiro atoms. The minimum atomic E-state index is -0.790. The van der Waals surface area contributed by atoms with Crippen LogP contribution in [0, 0.1) is 5.92 Å². The van der Waals surface area contributed by atoms with Gasteiger partial charge in [0, 0.05) is 23.7 Å². The van der Waals surface area contributed by atoms with Crippen LogP contribution in [0.1, 0.15) is 32.6 Å². The molecular weight excluding hydrogens is 356 g/mol. The van der Waals surface area contributed by atoms with E-state index in [1.807, 2.05) is 0 Å². The number of nitrogens with one attached hydrogen (secondary N) is 1. The molecule has 1 aromatic carbocycles. The Balaban J connectivity index is 1.43. The number of aliphatic carboxylic acids is 1. The van der Waals surface area contributed by atoms with Gasteiger partial charge in [0.1, 0.15) is 5.75 Å². The lowest BCUT2D eigenvalue weighted by Gasteiger charge is -2.43. The number of carboxylic acids is 1. The maximum atomic E-state index is 12.3. The highest BCUT2D eigenvalue weighted by Gasteiger charge is 2.38. The highest BCUT2D eigenvalue weighted by atomic mass is 35.5. The van der Waals surface area contributed by atoms with E-state index in [0.29, 0.717) is 16.7 Å². The lowest BCUT2D eigenvalue weighted by molar-refractivity contribution is -0.140. The molecule has 2 saturated carbocycles. The lowest BCUT2D eigenvalue weighted by atomic mass is 9.85. The SMILES string of the molecule is CC(Oc1cccc(Cl)c1)C(=O)NC1CC(N(CC(=O)O)CC2CC2)C1. The highest BCUT2D eigenvalue weighted by molar-refractivity contribution is 6.30. The molecule has 0 saturated heterocycles. The zero-order valence-electron chi connectivity index (χ0n) is 14.9. The van der Waals surface area contributed by atoms with Crippen molar-refractivity contribution in [2.75, 3.05) is 13.1 Å². The van der Waals surface area contributed by atoms with E-state index in [0.717, 1.165) is 19.4 Å². The van der Waals surface area contributed by atoms with Gasteiger partial charge in [-0.15, -0.1) is 0 Å². The van der Waals surface area contributed by atoms with Crippen molar-refractivity contribution < 1.29 is 19.4 Å².